The number of aryl methyl sites for hydroxylation is 1. The standard InChI is InChI=1S/C18H21F2N3O/c1-12-2-4-15(22-21-12)11-23-8-6-13(7-9-23)18(24)16-10-14(19)3-5-17(16)20/h2-5,10,13,18,24H,6-9,11H2,1H3. The Morgan fingerprint density at radius 2 is 1.92 bits per heavy atom. The van der Waals surface area contributed by atoms with Crippen LogP contribution in [0.2, 0.25) is 0 Å². The van der Waals surface area contributed by atoms with Crippen molar-refractivity contribution in [1.29, 1.82) is 0 Å². The summed E-state index contributed by atoms with van der Waals surface area (Å²) in [6.45, 7) is 4.18. The average molecular weight is 333 g/mol. The Hall–Kier alpha value is -1.92. The second kappa shape index (κ2) is 7.32. The molecule has 1 unspecified atom stereocenters. The van der Waals surface area contributed by atoms with E-state index in [0.717, 1.165) is 55.5 Å². The summed E-state index contributed by atoms with van der Waals surface area (Å²) in [4.78, 5) is 2.24. The maximum Gasteiger partial charge on any atom is 0.129 e. The third-order valence-electron chi connectivity index (χ3n) is 4.59. The maximum atomic E-state index is 13.8. The first-order chi connectivity index (χ1) is 11.5. The highest BCUT2D eigenvalue weighted by atomic mass is 19.1. The third kappa shape index (κ3) is 3.94. The summed E-state index contributed by atoms with van der Waals surface area (Å²) in [5.74, 6) is -1.15. The van der Waals surface area contributed by atoms with Gasteiger partial charge >= 0.3 is 0 Å². The van der Waals surface area contributed by atoms with Gasteiger partial charge in [-0.05, 0) is 69.1 Å². The number of hydrogen-bond donors (Lipinski definition) is 1. The van der Waals surface area contributed by atoms with Gasteiger partial charge in [0.1, 0.15) is 11.6 Å². The second-order valence-electron chi connectivity index (χ2n) is 6.39. The number of aromatic nitrogens is 2. The molecule has 0 spiro atoms. The lowest BCUT2D eigenvalue weighted by Crippen LogP contribution is -2.35. The van der Waals surface area contributed by atoms with Crippen LogP contribution in [-0.4, -0.2) is 33.3 Å². The van der Waals surface area contributed by atoms with Crippen LogP contribution in [0, 0.1) is 24.5 Å². The summed E-state index contributed by atoms with van der Waals surface area (Å²) in [6, 6.07) is 7.13. The molecule has 1 aromatic heterocycles. The first-order valence-electron chi connectivity index (χ1n) is 8.17. The zero-order valence-electron chi connectivity index (χ0n) is 13.6. The van der Waals surface area contributed by atoms with Crippen LogP contribution >= 0.6 is 0 Å². The molecule has 3 rings (SSSR count). The molecule has 0 radical (unpaired) electrons. The lowest BCUT2D eigenvalue weighted by atomic mass is 9.87. The first kappa shape index (κ1) is 16.9. The monoisotopic (exact) mass is 333 g/mol. The smallest absolute Gasteiger partial charge is 0.129 e. The van der Waals surface area contributed by atoms with Crippen molar-refractivity contribution in [2.24, 2.45) is 5.92 Å². The molecule has 6 heteroatoms. The van der Waals surface area contributed by atoms with E-state index in [9.17, 15) is 13.9 Å². The fourth-order valence-corrected chi connectivity index (χ4v) is 3.16. The van der Waals surface area contributed by atoms with Crippen LogP contribution < -0.4 is 0 Å². The van der Waals surface area contributed by atoms with E-state index in [1.165, 1.54) is 0 Å². The van der Waals surface area contributed by atoms with Crippen LogP contribution in [0.25, 0.3) is 0 Å². The Bertz CT molecular complexity index is 685. The highest BCUT2D eigenvalue weighted by molar-refractivity contribution is 5.21. The topological polar surface area (TPSA) is 49.2 Å². The lowest BCUT2D eigenvalue weighted by molar-refractivity contribution is 0.0538. The summed E-state index contributed by atoms with van der Waals surface area (Å²) in [5, 5.41) is 18.6. The molecule has 2 aromatic rings. The van der Waals surface area contributed by atoms with E-state index in [4.69, 9.17) is 0 Å². The van der Waals surface area contributed by atoms with Crippen LogP contribution in [-0.2, 0) is 6.54 Å². The molecule has 4 nitrogen and oxygen atoms in total. The Balaban J connectivity index is 1.58. The number of aliphatic hydroxyl groups is 1. The molecule has 1 atom stereocenters. The first-order valence-corrected chi connectivity index (χ1v) is 8.17. The van der Waals surface area contributed by atoms with Gasteiger partial charge in [-0.3, -0.25) is 4.90 Å². The predicted octanol–water partition coefficient (Wildman–Crippen LogP) is 3.01. The van der Waals surface area contributed by atoms with E-state index in [1.807, 2.05) is 19.1 Å². The minimum absolute atomic E-state index is 0.0536. The van der Waals surface area contributed by atoms with Crippen LogP contribution in [0.5, 0.6) is 0 Å². The van der Waals surface area contributed by atoms with Crippen molar-refractivity contribution in [1.82, 2.24) is 15.1 Å². The van der Waals surface area contributed by atoms with Crippen LogP contribution in [0.4, 0.5) is 8.78 Å². The van der Waals surface area contributed by atoms with Crippen molar-refractivity contribution in [3.63, 3.8) is 0 Å². The van der Waals surface area contributed by atoms with Crippen molar-refractivity contribution in [3.05, 3.63) is 58.9 Å². The van der Waals surface area contributed by atoms with Crippen LogP contribution in [0.15, 0.2) is 30.3 Å². The number of likely N-dealkylation sites (tertiary alicyclic amines) is 1. The van der Waals surface area contributed by atoms with Crippen LogP contribution in [0.3, 0.4) is 0 Å². The predicted molar refractivity (Wildman–Crippen MR) is 86.1 cm³/mol. The fraction of sp³-hybridized carbons (Fsp3) is 0.444. The maximum absolute atomic E-state index is 13.8. The van der Waals surface area contributed by atoms with Crippen molar-refractivity contribution in [3.8, 4) is 0 Å². The Kier molecular flexibility index (Phi) is 5.16. The van der Waals surface area contributed by atoms with Gasteiger partial charge in [0.05, 0.1) is 17.5 Å². The zero-order chi connectivity index (χ0) is 17.1. The summed E-state index contributed by atoms with van der Waals surface area (Å²) in [7, 11) is 0. The van der Waals surface area contributed by atoms with Crippen molar-refractivity contribution in [2.75, 3.05) is 13.1 Å². The number of aliphatic hydroxyl groups excluding tert-OH is 1. The minimum atomic E-state index is -0.970. The largest absolute Gasteiger partial charge is 0.388 e. The van der Waals surface area contributed by atoms with Gasteiger partial charge in [0.15, 0.2) is 0 Å². The molecular weight excluding hydrogens is 312 g/mol. The highest BCUT2D eigenvalue weighted by Crippen LogP contribution is 2.32. The molecule has 1 aromatic carbocycles. The molecule has 128 valence electrons. The molecule has 0 bridgehead atoms. The summed E-state index contributed by atoms with van der Waals surface area (Å²) in [5.41, 5.74) is 1.85. The molecular formula is C18H21F2N3O. The van der Waals surface area contributed by atoms with Gasteiger partial charge in [0.2, 0.25) is 0 Å². The van der Waals surface area contributed by atoms with Crippen molar-refractivity contribution < 1.29 is 13.9 Å². The lowest BCUT2D eigenvalue weighted by Gasteiger charge is -2.34. The fourth-order valence-electron chi connectivity index (χ4n) is 3.16. The van der Waals surface area contributed by atoms with E-state index in [1.54, 1.807) is 0 Å². The van der Waals surface area contributed by atoms with Crippen LogP contribution in [0.1, 0.15) is 35.9 Å². The van der Waals surface area contributed by atoms with E-state index < -0.39 is 17.7 Å². The number of piperidine rings is 1. The summed E-state index contributed by atoms with van der Waals surface area (Å²) >= 11 is 0. The Labute approximate surface area is 140 Å². The van der Waals surface area contributed by atoms with E-state index >= 15 is 0 Å². The van der Waals surface area contributed by atoms with E-state index in [2.05, 4.69) is 15.1 Å². The molecule has 0 saturated carbocycles. The second-order valence-corrected chi connectivity index (χ2v) is 6.39. The van der Waals surface area contributed by atoms with Gasteiger partial charge in [0, 0.05) is 12.1 Å². The summed E-state index contributed by atoms with van der Waals surface area (Å²) < 4.78 is 27.1. The van der Waals surface area contributed by atoms with E-state index in [0.29, 0.717) is 6.54 Å². The highest BCUT2D eigenvalue weighted by Gasteiger charge is 2.28. The van der Waals surface area contributed by atoms with Crippen molar-refractivity contribution in [2.45, 2.75) is 32.4 Å². The van der Waals surface area contributed by atoms with Gasteiger partial charge < -0.3 is 5.11 Å². The molecule has 0 amide bonds. The van der Waals surface area contributed by atoms with Gasteiger partial charge in [0.25, 0.3) is 0 Å². The SMILES string of the molecule is Cc1ccc(CN2CCC(C(O)c3cc(F)ccc3F)CC2)nn1. The average Bonchev–Trinajstić information content (AvgIpc) is 2.59. The normalized spacial score (nSPS) is 17.8. The number of benzene rings is 1. The molecule has 0 aliphatic carbocycles. The quantitative estimate of drug-likeness (QED) is 0.934. The minimum Gasteiger partial charge on any atom is -0.388 e. The van der Waals surface area contributed by atoms with Gasteiger partial charge in [-0.15, -0.1) is 0 Å². The molecule has 1 N–H and O–H groups in total. The summed E-state index contributed by atoms with van der Waals surface area (Å²) in [6.07, 6.45) is 0.495. The molecule has 1 saturated heterocycles. The van der Waals surface area contributed by atoms with Crippen molar-refractivity contribution >= 4 is 0 Å². The number of nitrogens with zero attached hydrogens (tertiary/aromatic N) is 3. The molecule has 1 aliphatic heterocycles. The molecule has 24 heavy (non-hydrogen) atoms. The molecule has 2 heterocycles. The van der Waals surface area contributed by atoms with Gasteiger partial charge in [-0.2, -0.15) is 10.2 Å². The molecule has 1 fully saturated rings. The van der Waals surface area contributed by atoms with E-state index in [-0.39, 0.29) is 11.5 Å². The third-order valence-corrected chi connectivity index (χ3v) is 4.59. The zero-order valence-corrected chi connectivity index (χ0v) is 13.6. The number of hydrogen-bond acceptors (Lipinski definition) is 4. The van der Waals surface area contributed by atoms with Gasteiger partial charge in [-0.25, -0.2) is 8.78 Å². The van der Waals surface area contributed by atoms with Gasteiger partial charge in [-0.1, -0.05) is 0 Å². The number of rotatable bonds is 4. The molecule has 1 aliphatic rings. The number of halogens is 2. The Morgan fingerprint density at radius 1 is 1.17 bits per heavy atom. The Morgan fingerprint density at radius 3 is 2.58 bits per heavy atom.